The lowest BCUT2D eigenvalue weighted by atomic mass is 10.5. The minimum absolute atomic E-state index is 1.22. The number of halogens is 1. The van der Waals surface area contributed by atoms with Crippen molar-refractivity contribution >= 4 is 31.8 Å². The average Bonchev–Trinajstić information content (AvgIpc) is 1.83. The zero-order valence-corrected chi connectivity index (χ0v) is 8.42. The van der Waals surface area contributed by atoms with Crippen LogP contribution in [0.5, 0.6) is 0 Å². The van der Waals surface area contributed by atoms with E-state index in [2.05, 4.69) is 0 Å². The van der Waals surface area contributed by atoms with Crippen LogP contribution in [0, 0.1) is 0 Å². The van der Waals surface area contributed by atoms with E-state index < -0.39 is 36.8 Å². The Morgan fingerprint density at radius 2 is 1.46 bits per heavy atom. The van der Waals surface area contributed by atoms with Gasteiger partial charge in [0.15, 0.2) is 4.71 Å². The van der Waals surface area contributed by atoms with Crippen LogP contribution in [0.2, 0.25) is 0 Å². The van der Waals surface area contributed by atoms with Gasteiger partial charge in [0.05, 0.1) is 6.61 Å². The van der Waals surface area contributed by atoms with E-state index in [1.807, 2.05) is 0 Å². The fraction of sp³-hybridized carbons (Fsp3) is 1.00. The Kier molecular flexibility index (Phi) is 4.09. The van der Waals surface area contributed by atoms with Gasteiger partial charge in [-0.05, 0) is 0 Å². The van der Waals surface area contributed by atoms with Gasteiger partial charge >= 0.3 is 0 Å². The molecule has 0 aromatic rings. The zero-order chi connectivity index (χ0) is 10.9. The molecule has 7 nitrogen and oxygen atoms in total. The van der Waals surface area contributed by atoms with Gasteiger partial charge < -0.3 is 5.11 Å². The normalized spacial score (nSPS) is 18.2. The second-order valence-corrected chi connectivity index (χ2v) is 6.00. The number of hydrogen-bond acceptors (Lipinski definition) is 5. The molecule has 0 aromatic heterocycles. The van der Waals surface area contributed by atoms with Gasteiger partial charge in [-0.25, -0.2) is 0 Å². The highest BCUT2D eigenvalue weighted by molar-refractivity contribution is 7.91. The first-order chi connectivity index (χ1) is 5.60. The van der Waals surface area contributed by atoms with E-state index in [0.717, 1.165) is 0 Å². The van der Waals surface area contributed by atoms with Crippen LogP contribution in [0.25, 0.3) is 0 Å². The molecule has 0 aliphatic rings. The van der Waals surface area contributed by atoms with Gasteiger partial charge in [-0.1, -0.05) is 0 Å². The van der Waals surface area contributed by atoms with Crippen molar-refractivity contribution in [2.75, 3.05) is 6.61 Å². The molecule has 0 saturated carbocycles. The molecule has 0 aliphatic heterocycles. The number of aliphatic hydroxyl groups excluding tert-OH is 1. The van der Waals surface area contributed by atoms with Crippen molar-refractivity contribution in [1.82, 2.24) is 0 Å². The molecule has 10 heteroatoms. The standard InChI is InChI=1S/C3H7ClO7S2/c4-3(13(9,10)11)2(1-5)12(6,7)8/h2-3,5H,1H2,(H,6,7,8)(H,9,10,11). The Hall–Kier alpha value is 0.0700. The molecule has 0 saturated heterocycles. The fourth-order valence-corrected chi connectivity index (χ4v) is 2.74. The Bertz CT molecular complexity index is 355. The quantitative estimate of drug-likeness (QED) is 0.419. The molecule has 0 fully saturated rings. The first kappa shape index (κ1) is 13.1. The van der Waals surface area contributed by atoms with Crippen molar-refractivity contribution in [2.45, 2.75) is 9.96 Å². The molecule has 0 rings (SSSR count). The minimum atomic E-state index is -4.83. The summed E-state index contributed by atoms with van der Waals surface area (Å²) in [5.74, 6) is 0. The zero-order valence-electron chi connectivity index (χ0n) is 6.03. The van der Waals surface area contributed by atoms with E-state index in [0.29, 0.717) is 0 Å². The maximum atomic E-state index is 10.4. The molecule has 0 heterocycles. The summed E-state index contributed by atoms with van der Waals surface area (Å²) >= 11 is 4.97. The van der Waals surface area contributed by atoms with Crippen LogP contribution >= 0.6 is 11.6 Å². The molecule has 80 valence electrons. The van der Waals surface area contributed by atoms with Crippen molar-refractivity contribution in [3.63, 3.8) is 0 Å². The van der Waals surface area contributed by atoms with E-state index in [-0.39, 0.29) is 0 Å². The van der Waals surface area contributed by atoms with Gasteiger partial charge in [-0.2, -0.15) is 16.8 Å². The SMILES string of the molecule is O=S(=O)(O)C(Cl)C(CO)S(=O)(=O)O. The van der Waals surface area contributed by atoms with Gasteiger partial charge in [0.25, 0.3) is 20.2 Å². The smallest absolute Gasteiger partial charge is 0.283 e. The summed E-state index contributed by atoms with van der Waals surface area (Å²) < 4.78 is 55.8. The third-order valence-corrected chi connectivity index (χ3v) is 4.52. The van der Waals surface area contributed by atoms with E-state index >= 15 is 0 Å². The van der Waals surface area contributed by atoms with Crippen LogP contribution < -0.4 is 0 Å². The van der Waals surface area contributed by atoms with E-state index in [1.54, 1.807) is 0 Å². The van der Waals surface area contributed by atoms with Gasteiger partial charge in [-0.3, -0.25) is 9.11 Å². The molecular formula is C3H7ClO7S2. The van der Waals surface area contributed by atoms with Crippen LogP contribution in [0.4, 0.5) is 0 Å². The van der Waals surface area contributed by atoms with Crippen molar-refractivity contribution in [2.24, 2.45) is 0 Å². The van der Waals surface area contributed by atoms with Crippen molar-refractivity contribution in [1.29, 1.82) is 0 Å². The van der Waals surface area contributed by atoms with E-state index in [4.69, 9.17) is 25.8 Å². The minimum Gasteiger partial charge on any atom is -0.395 e. The number of aliphatic hydroxyl groups is 1. The third kappa shape index (κ3) is 3.75. The Balaban J connectivity index is 5.05. The van der Waals surface area contributed by atoms with Crippen LogP contribution in [0.3, 0.4) is 0 Å². The summed E-state index contributed by atoms with van der Waals surface area (Å²) in [6.07, 6.45) is 0. The average molecular weight is 255 g/mol. The Morgan fingerprint density at radius 1 is 1.08 bits per heavy atom. The first-order valence-electron chi connectivity index (χ1n) is 2.78. The monoisotopic (exact) mass is 254 g/mol. The second kappa shape index (κ2) is 4.07. The fourth-order valence-electron chi connectivity index (χ4n) is 0.504. The molecule has 0 amide bonds. The van der Waals surface area contributed by atoms with Crippen LogP contribution in [-0.4, -0.2) is 47.6 Å². The highest BCUT2D eigenvalue weighted by Gasteiger charge is 2.38. The summed E-state index contributed by atoms with van der Waals surface area (Å²) in [5, 5.41) is 6.23. The summed E-state index contributed by atoms with van der Waals surface area (Å²) in [6.45, 7) is -1.22. The highest BCUT2D eigenvalue weighted by atomic mass is 35.5. The van der Waals surface area contributed by atoms with E-state index in [1.165, 1.54) is 0 Å². The second-order valence-electron chi connectivity index (χ2n) is 2.10. The first-order valence-corrected chi connectivity index (χ1v) is 6.22. The number of rotatable bonds is 4. The number of hydrogen-bond donors (Lipinski definition) is 3. The molecule has 13 heavy (non-hydrogen) atoms. The third-order valence-electron chi connectivity index (χ3n) is 1.14. The molecule has 3 N–H and O–H groups in total. The molecule has 0 aromatic carbocycles. The summed E-state index contributed by atoms with van der Waals surface area (Å²) in [4.78, 5) is 0. The van der Waals surface area contributed by atoms with Crippen LogP contribution in [0.15, 0.2) is 0 Å². The van der Waals surface area contributed by atoms with Crippen molar-refractivity contribution in [3.8, 4) is 0 Å². The Labute approximate surface area is 79.8 Å². The molecule has 2 unspecified atom stereocenters. The largest absolute Gasteiger partial charge is 0.395 e. The molecular weight excluding hydrogens is 248 g/mol. The van der Waals surface area contributed by atoms with Gasteiger partial charge in [-0.15, -0.1) is 11.6 Å². The summed E-state index contributed by atoms with van der Waals surface area (Å²) in [7, 11) is -9.65. The lowest BCUT2D eigenvalue weighted by molar-refractivity contribution is 0.285. The number of alkyl halides is 1. The van der Waals surface area contributed by atoms with Gasteiger partial charge in [0, 0.05) is 0 Å². The van der Waals surface area contributed by atoms with Crippen LogP contribution in [0.1, 0.15) is 0 Å². The lowest BCUT2D eigenvalue weighted by Gasteiger charge is -2.13. The van der Waals surface area contributed by atoms with Gasteiger partial charge in [0.1, 0.15) is 5.25 Å². The molecule has 2 atom stereocenters. The lowest BCUT2D eigenvalue weighted by Crippen LogP contribution is -2.38. The summed E-state index contributed by atoms with van der Waals surface area (Å²) in [5.41, 5.74) is 0. The molecule has 0 bridgehead atoms. The van der Waals surface area contributed by atoms with Crippen molar-refractivity contribution in [3.05, 3.63) is 0 Å². The topological polar surface area (TPSA) is 129 Å². The van der Waals surface area contributed by atoms with Crippen molar-refractivity contribution < 1.29 is 31.0 Å². The molecule has 0 aliphatic carbocycles. The van der Waals surface area contributed by atoms with E-state index in [9.17, 15) is 16.8 Å². The molecule has 0 spiro atoms. The predicted octanol–water partition coefficient (Wildman–Crippen LogP) is -1.31. The van der Waals surface area contributed by atoms with Crippen LogP contribution in [-0.2, 0) is 20.2 Å². The maximum absolute atomic E-state index is 10.4. The maximum Gasteiger partial charge on any atom is 0.283 e. The van der Waals surface area contributed by atoms with Gasteiger partial charge in [0.2, 0.25) is 0 Å². The summed E-state index contributed by atoms with van der Waals surface area (Å²) in [6, 6.07) is 0. The predicted molar refractivity (Wildman–Crippen MR) is 43.6 cm³/mol. The Morgan fingerprint density at radius 3 is 1.54 bits per heavy atom. The highest BCUT2D eigenvalue weighted by Crippen LogP contribution is 2.15. The molecule has 0 radical (unpaired) electrons.